The zero-order valence-corrected chi connectivity index (χ0v) is 12.7. The van der Waals surface area contributed by atoms with Gasteiger partial charge in [-0.3, -0.25) is 9.80 Å². The van der Waals surface area contributed by atoms with Crippen molar-refractivity contribution in [3.63, 3.8) is 0 Å². The second kappa shape index (κ2) is 7.58. The molecule has 0 aromatic heterocycles. The molecule has 2 N–H and O–H groups in total. The molecule has 0 bridgehead atoms. The Morgan fingerprint density at radius 3 is 2.42 bits per heavy atom. The first-order chi connectivity index (χ1) is 9.26. The molecule has 0 aromatic rings. The van der Waals surface area contributed by atoms with E-state index in [0.29, 0.717) is 12.0 Å². The summed E-state index contributed by atoms with van der Waals surface area (Å²) in [6, 6.07) is 1.25. The Hall–Kier alpha value is -0.160. The van der Waals surface area contributed by atoms with Crippen molar-refractivity contribution in [2.24, 2.45) is 11.7 Å². The third-order valence-electron chi connectivity index (χ3n) is 5.01. The Labute approximate surface area is 118 Å². The summed E-state index contributed by atoms with van der Waals surface area (Å²) in [6.07, 6.45) is 3.73. The van der Waals surface area contributed by atoms with Crippen molar-refractivity contribution in [1.82, 2.24) is 9.80 Å². The molecule has 0 saturated carbocycles. The van der Waals surface area contributed by atoms with Crippen LogP contribution in [0.3, 0.4) is 0 Å². The average molecular weight is 269 g/mol. The Kier molecular flexibility index (Phi) is 6.07. The number of piperazine rings is 1. The number of nitrogens with zero attached hydrogens (tertiary/aromatic N) is 2. The maximum Gasteiger partial charge on any atom is 0.0509 e. The summed E-state index contributed by atoms with van der Waals surface area (Å²) in [7, 11) is 0. The van der Waals surface area contributed by atoms with Crippen LogP contribution in [0.4, 0.5) is 0 Å². The molecule has 0 amide bonds. The van der Waals surface area contributed by atoms with Gasteiger partial charge in [-0.2, -0.15) is 0 Å². The summed E-state index contributed by atoms with van der Waals surface area (Å²) >= 11 is 0. The lowest BCUT2D eigenvalue weighted by Crippen LogP contribution is -2.56. The maximum absolute atomic E-state index is 6.04. The van der Waals surface area contributed by atoms with Crippen molar-refractivity contribution in [3.8, 4) is 0 Å². The van der Waals surface area contributed by atoms with E-state index in [-0.39, 0.29) is 0 Å². The van der Waals surface area contributed by atoms with Gasteiger partial charge in [-0.15, -0.1) is 0 Å². The van der Waals surface area contributed by atoms with E-state index in [0.717, 1.165) is 25.8 Å². The van der Waals surface area contributed by atoms with E-state index in [1.165, 1.54) is 45.4 Å². The van der Waals surface area contributed by atoms with Gasteiger partial charge in [0.05, 0.1) is 6.61 Å². The predicted molar refractivity (Wildman–Crippen MR) is 79.3 cm³/mol. The zero-order valence-electron chi connectivity index (χ0n) is 12.7. The van der Waals surface area contributed by atoms with Crippen LogP contribution in [0.15, 0.2) is 0 Å². The van der Waals surface area contributed by atoms with Crippen molar-refractivity contribution in [2.75, 3.05) is 45.9 Å². The third kappa shape index (κ3) is 3.91. The van der Waals surface area contributed by atoms with Crippen molar-refractivity contribution >= 4 is 0 Å². The van der Waals surface area contributed by atoms with E-state index in [1.807, 2.05) is 0 Å². The SMILES string of the molecule is CCC(C)N1CCN(C(CN)C2CCCOC2)CC1. The van der Waals surface area contributed by atoms with Gasteiger partial charge < -0.3 is 10.5 Å². The monoisotopic (exact) mass is 269 g/mol. The summed E-state index contributed by atoms with van der Waals surface area (Å²) < 4.78 is 5.64. The van der Waals surface area contributed by atoms with Gasteiger partial charge in [-0.1, -0.05) is 6.92 Å². The van der Waals surface area contributed by atoms with Crippen molar-refractivity contribution < 1.29 is 4.74 Å². The number of ether oxygens (including phenoxy) is 1. The Balaban J connectivity index is 1.84. The van der Waals surface area contributed by atoms with Crippen LogP contribution in [-0.4, -0.2) is 67.8 Å². The quantitative estimate of drug-likeness (QED) is 0.813. The van der Waals surface area contributed by atoms with Gasteiger partial charge in [0.1, 0.15) is 0 Å². The van der Waals surface area contributed by atoms with Gasteiger partial charge in [0.2, 0.25) is 0 Å². The van der Waals surface area contributed by atoms with Crippen LogP contribution in [0.5, 0.6) is 0 Å². The van der Waals surface area contributed by atoms with Crippen molar-refractivity contribution in [1.29, 1.82) is 0 Å². The van der Waals surface area contributed by atoms with Gasteiger partial charge in [-0.25, -0.2) is 0 Å². The second-order valence-corrected chi connectivity index (χ2v) is 6.11. The van der Waals surface area contributed by atoms with Crippen molar-refractivity contribution in [3.05, 3.63) is 0 Å². The number of rotatable bonds is 5. The van der Waals surface area contributed by atoms with Crippen LogP contribution in [0, 0.1) is 5.92 Å². The Morgan fingerprint density at radius 1 is 1.21 bits per heavy atom. The first-order valence-corrected chi connectivity index (χ1v) is 8.02. The Morgan fingerprint density at radius 2 is 1.89 bits per heavy atom. The highest BCUT2D eigenvalue weighted by Crippen LogP contribution is 2.22. The predicted octanol–water partition coefficient (Wildman–Crippen LogP) is 1.16. The minimum atomic E-state index is 0.527. The highest BCUT2D eigenvalue weighted by molar-refractivity contribution is 4.86. The van der Waals surface area contributed by atoms with Crippen LogP contribution in [-0.2, 0) is 4.74 Å². The van der Waals surface area contributed by atoms with Gasteiger partial charge >= 0.3 is 0 Å². The fourth-order valence-electron chi connectivity index (χ4n) is 3.48. The third-order valence-corrected chi connectivity index (χ3v) is 5.01. The van der Waals surface area contributed by atoms with Crippen LogP contribution in [0.2, 0.25) is 0 Å². The molecule has 2 aliphatic heterocycles. The summed E-state index contributed by atoms with van der Waals surface area (Å²) in [4.78, 5) is 5.22. The molecule has 2 fully saturated rings. The van der Waals surface area contributed by atoms with Crippen LogP contribution in [0.25, 0.3) is 0 Å². The standard InChI is InChI=1S/C15H31N3O/c1-3-13(2)17-6-8-18(9-7-17)15(11-16)14-5-4-10-19-12-14/h13-15H,3-12,16H2,1-2H3. The summed E-state index contributed by atoms with van der Waals surface area (Å²) in [5, 5.41) is 0. The van der Waals surface area contributed by atoms with E-state index in [2.05, 4.69) is 23.6 Å². The zero-order chi connectivity index (χ0) is 13.7. The van der Waals surface area contributed by atoms with Crippen molar-refractivity contribution in [2.45, 2.75) is 45.2 Å². The molecule has 2 rings (SSSR count). The molecule has 2 heterocycles. The van der Waals surface area contributed by atoms with Gasteiger partial charge in [0, 0.05) is 51.4 Å². The summed E-state index contributed by atoms with van der Waals surface area (Å²) in [5.41, 5.74) is 6.04. The minimum absolute atomic E-state index is 0.527. The number of nitrogens with two attached hydrogens (primary N) is 1. The van der Waals surface area contributed by atoms with E-state index in [1.54, 1.807) is 0 Å². The molecule has 2 saturated heterocycles. The van der Waals surface area contributed by atoms with E-state index < -0.39 is 0 Å². The lowest BCUT2D eigenvalue weighted by Gasteiger charge is -2.44. The topological polar surface area (TPSA) is 41.7 Å². The van der Waals surface area contributed by atoms with Gasteiger partial charge in [-0.05, 0) is 32.1 Å². The van der Waals surface area contributed by atoms with Crippen LogP contribution < -0.4 is 5.73 Å². The number of hydrogen-bond donors (Lipinski definition) is 1. The molecule has 0 aliphatic carbocycles. The van der Waals surface area contributed by atoms with Gasteiger partial charge in [0.15, 0.2) is 0 Å². The van der Waals surface area contributed by atoms with E-state index in [4.69, 9.17) is 10.5 Å². The molecule has 0 spiro atoms. The maximum atomic E-state index is 6.04. The molecule has 4 nitrogen and oxygen atoms in total. The normalized spacial score (nSPS) is 30.2. The highest BCUT2D eigenvalue weighted by Gasteiger charge is 2.31. The molecular weight excluding hydrogens is 238 g/mol. The summed E-state index contributed by atoms with van der Waals surface area (Å²) in [6.45, 7) is 12.0. The van der Waals surface area contributed by atoms with Crippen LogP contribution >= 0.6 is 0 Å². The Bertz CT molecular complexity index is 248. The largest absolute Gasteiger partial charge is 0.381 e. The van der Waals surface area contributed by atoms with Crippen LogP contribution in [0.1, 0.15) is 33.1 Å². The molecule has 0 aromatic carbocycles. The molecule has 4 heteroatoms. The fraction of sp³-hybridized carbons (Fsp3) is 1.00. The molecular formula is C15H31N3O. The smallest absolute Gasteiger partial charge is 0.0509 e. The molecule has 0 radical (unpaired) electrons. The minimum Gasteiger partial charge on any atom is -0.381 e. The molecule has 2 aliphatic rings. The lowest BCUT2D eigenvalue weighted by atomic mass is 9.92. The molecule has 3 atom stereocenters. The fourth-order valence-corrected chi connectivity index (χ4v) is 3.48. The average Bonchev–Trinajstić information content (AvgIpc) is 2.49. The van der Waals surface area contributed by atoms with E-state index in [9.17, 15) is 0 Å². The number of hydrogen-bond acceptors (Lipinski definition) is 4. The second-order valence-electron chi connectivity index (χ2n) is 6.11. The first kappa shape index (κ1) is 15.2. The van der Waals surface area contributed by atoms with Gasteiger partial charge in [0.25, 0.3) is 0 Å². The molecule has 3 unspecified atom stereocenters. The molecule has 112 valence electrons. The highest BCUT2D eigenvalue weighted by atomic mass is 16.5. The first-order valence-electron chi connectivity index (χ1n) is 8.02. The summed E-state index contributed by atoms with van der Waals surface area (Å²) in [5.74, 6) is 0.647. The molecule has 19 heavy (non-hydrogen) atoms. The van der Waals surface area contributed by atoms with E-state index >= 15 is 0 Å². The lowest BCUT2D eigenvalue weighted by molar-refractivity contribution is -0.00672.